The number of carbonyl (C=O) groups is 4. The van der Waals surface area contributed by atoms with Gasteiger partial charge in [0.15, 0.2) is 12.2 Å². The Morgan fingerprint density at radius 1 is 0.269 bits per heavy atom. The molecule has 0 aromatic rings. The fraction of sp³-hybridized carbons (Fsp3) is 0.663. The minimum atomic E-state index is -5.00. The Kier molecular flexibility index (Phi) is 75.8. The number of aliphatic hydroxyl groups excluding tert-OH is 1. The molecule has 0 rings (SSSR count). The van der Waals surface area contributed by atoms with Crippen molar-refractivity contribution < 1.29 is 80.2 Å². The van der Waals surface area contributed by atoms with E-state index in [2.05, 4.69) is 186 Å². The SMILES string of the molecule is CC/C=C\C/C=C\C/C=C\C/C=C\C/C=C\CCCCCC(=O)OCC(COP(=O)(O)OCC(O)COP(=O)(O)OCC(COC(=O)CCCCCCCC/C=C\C/C=C\C/C=C\C/C=C\CC)OC(=O)CCCCCCCCCCCCCCC)OC(=O)CCCCCC/C=C\C/C=C\C/C=C\C/C=C\CC. The van der Waals surface area contributed by atoms with E-state index in [4.69, 9.17) is 37.0 Å². The zero-order valence-corrected chi connectivity index (χ0v) is 69.3. The third kappa shape index (κ3) is 78.8. The van der Waals surface area contributed by atoms with Crippen molar-refractivity contribution >= 4 is 39.5 Å². The van der Waals surface area contributed by atoms with Crippen molar-refractivity contribution in [3.63, 3.8) is 0 Å². The second kappa shape index (κ2) is 79.8. The summed E-state index contributed by atoms with van der Waals surface area (Å²) in [6, 6.07) is 0. The van der Waals surface area contributed by atoms with E-state index >= 15 is 0 Å². The van der Waals surface area contributed by atoms with Gasteiger partial charge in [0.05, 0.1) is 26.4 Å². The minimum absolute atomic E-state index is 0.0544. The Morgan fingerprint density at radius 3 is 0.750 bits per heavy atom. The highest BCUT2D eigenvalue weighted by molar-refractivity contribution is 7.47. The zero-order valence-electron chi connectivity index (χ0n) is 67.5. The molecule has 0 aromatic carbocycles. The summed E-state index contributed by atoms with van der Waals surface area (Å²) in [7, 11) is -9.99. The Labute approximate surface area is 655 Å². The lowest BCUT2D eigenvalue weighted by Crippen LogP contribution is -2.30. The Morgan fingerprint density at radius 2 is 0.481 bits per heavy atom. The first-order valence-electron chi connectivity index (χ1n) is 41.7. The van der Waals surface area contributed by atoms with E-state index in [9.17, 15) is 43.2 Å². The number of esters is 4. The Hall–Kier alpha value is -5.32. The largest absolute Gasteiger partial charge is 0.472 e. The van der Waals surface area contributed by atoms with Crippen molar-refractivity contribution in [2.45, 2.75) is 341 Å². The molecule has 0 saturated heterocycles. The van der Waals surface area contributed by atoms with Gasteiger partial charge in [0.1, 0.15) is 19.3 Å². The normalized spacial score (nSPS) is 14.6. The number of rotatable bonds is 77. The van der Waals surface area contributed by atoms with Gasteiger partial charge in [-0.05, 0) is 148 Å². The summed E-state index contributed by atoms with van der Waals surface area (Å²) in [4.78, 5) is 73.2. The lowest BCUT2D eigenvalue weighted by Gasteiger charge is -2.21. The van der Waals surface area contributed by atoms with Crippen LogP contribution in [-0.4, -0.2) is 96.7 Å². The highest BCUT2D eigenvalue weighted by Gasteiger charge is 2.30. The van der Waals surface area contributed by atoms with Crippen LogP contribution in [0.1, 0.15) is 323 Å². The fourth-order valence-electron chi connectivity index (χ4n) is 10.8. The summed E-state index contributed by atoms with van der Waals surface area (Å²) in [6.07, 6.45) is 93.5. The number of carbonyl (C=O) groups excluding carboxylic acids is 4. The maximum Gasteiger partial charge on any atom is 0.472 e. The molecule has 3 N–H and O–H groups in total. The third-order valence-electron chi connectivity index (χ3n) is 17.0. The van der Waals surface area contributed by atoms with E-state index in [-0.39, 0.29) is 25.7 Å². The molecule has 0 aliphatic heterocycles. The standard InChI is InChI=1S/C89H148O17P2/c1-5-9-13-17-21-25-29-33-36-39-41-44-46-50-53-57-61-65-69-73-86(91)99-79-84(105-88(93)75-71-67-63-59-55-49-32-28-24-20-16-12-8-4)81-103-107(95,96)101-77-83(90)78-102-108(97,98)104-82-85(106-89(94)76-72-68-64-60-56-52-48-43-38-35-31-27-23-19-15-11-7-3)80-100-87(92)74-70-66-62-58-54-51-47-45-42-40-37-34-30-26-22-18-14-10-6-2/h9-11,13-15,21-23,25-27,33-38,41-42,44-45,48,51-52,54,83-85,90H,5-8,12,16-20,24,28-32,39-40,43,46-47,49-50,53,55-82H2,1-4H3,(H,95,96)(H,97,98)/b13-9-,14-10-,15-11-,25-21-,26-22-,27-23-,36-33-,37-34-,38-35-,44-41-,45-42-,52-48-,54-51-. The second-order valence-corrected chi connectivity index (χ2v) is 30.2. The predicted molar refractivity (Wildman–Crippen MR) is 445 cm³/mol. The number of hydrogen-bond acceptors (Lipinski definition) is 15. The first-order valence-corrected chi connectivity index (χ1v) is 44.7. The van der Waals surface area contributed by atoms with Crippen LogP contribution in [0.4, 0.5) is 0 Å². The summed E-state index contributed by atoms with van der Waals surface area (Å²) in [5.41, 5.74) is 0. The minimum Gasteiger partial charge on any atom is -0.462 e. The van der Waals surface area contributed by atoms with Crippen LogP contribution in [0.5, 0.6) is 0 Å². The Bertz CT molecular complexity index is 2660. The number of ether oxygens (including phenoxy) is 4. The van der Waals surface area contributed by atoms with Crippen molar-refractivity contribution in [2.24, 2.45) is 0 Å². The highest BCUT2D eigenvalue weighted by atomic mass is 31.2. The highest BCUT2D eigenvalue weighted by Crippen LogP contribution is 2.45. The van der Waals surface area contributed by atoms with Gasteiger partial charge in [0, 0.05) is 25.7 Å². The molecule has 0 bridgehead atoms. The number of phosphoric acid groups is 2. The van der Waals surface area contributed by atoms with Gasteiger partial charge < -0.3 is 33.8 Å². The molecule has 17 nitrogen and oxygen atoms in total. The molecule has 616 valence electrons. The molecule has 0 aliphatic rings. The zero-order chi connectivity index (χ0) is 78.9. The molecule has 0 saturated carbocycles. The molecule has 0 fully saturated rings. The van der Waals surface area contributed by atoms with Crippen LogP contribution in [0.2, 0.25) is 0 Å². The maximum atomic E-state index is 13.1. The lowest BCUT2D eigenvalue weighted by atomic mass is 10.0. The number of unbranched alkanes of at least 4 members (excludes halogenated alkanes) is 25. The second-order valence-electron chi connectivity index (χ2n) is 27.3. The molecule has 0 heterocycles. The van der Waals surface area contributed by atoms with Gasteiger partial charge in [0.2, 0.25) is 0 Å². The van der Waals surface area contributed by atoms with Crippen molar-refractivity contribution in [1.29, 1.82) is 0 Å². The molecule has 19 heteroatoms. The number of allylic oxidation sites excluding steroid dienone is 26. The van der Waals surface area contributed by atoms with Crippen LogP contribution in [0.3, 0.4) is 0 Å². The van der Waals surface area contributed by atoms with Crippen molar-refractivity contribution in [3.05, 3.63) is 158 Å². The molecule has 0 spiro atoms. The van der Waals surface area contributed by atoms with E-state index in [0.717, 1.165) is 193 Å². The summed E-state index contributed by atoms with van der Waals surface area (Å²) in [5, 5.41) is 10.7. The fourth-order valence-corrected chi connectivity index (χ4v) is 12.3. The Balaban J connectivity index is 5.43. The summed E-state index contributed by atoms with van der Waals surface area (Å²) in [6.45, 7) is 4.47. The topological polar surface area (TPSA) is 237 Å². The first kappa shape index (κ1) is 103. The molecule has 108 heavy (non-hydrogen) atoms. The molecule has 0 amide bonds. The van der Waals surface area contributed by atoms with Gasteiger partial charge >= 0.3 is 39.5 Å². The number of hydrogen-bond donors (Lipinski definition) is 3. The molecule has 0 aliphatic carbocycles. The van der Waals surface area contributed by atoms with E-state index < -0.39 is 97.5 Å². The van der Waals surface area contributed by atoms with Gasteiger partial charge in [0.25, 0.3) is 0 Å². The summed E-state index contributed by atoms with van der Waals surface area (Å²) in [5.74, 6) is -2.25. The van der Waals surface area contributed by atoms with Crippen molar-refractivity contribution in [3.8, 4) is 0 Å². The van der Waals surface area contributed by atoms with Crippen LogP contribution < -0.4 is 0 Å². The summed E-state index contributed by atoms with van der Waals surface area (Å²) >= 11 is 0. The van der Waals surface area contributed by atoms with Crippen LogP contribution in [0, 0.1) is 0 Å². The molecule has 5 unspecified atom stereocenters. The van der Waals surface area contributed by atoms with E-state index in [0.29, 0.717) is 25.7 Å². The lowest BCUT2D eigenvalue weighted by molar-refractivity contribution is -0.161. The predicted octanol–water partition coefficient (Wildman–Crippen LogP) is 24.8. The van der Waals surface area contributed by atoms with Crippen molar-refractivity contribution in [2.75, 3.05) is 39.6 Å². The smallest absolute Gasteiger partial charge is 0.462 e. The van der Waals surface area contributed by atoms with Gasteiger partial charge in [-0.25, -0.2) is 9.13 Å². The molecule has 0 aromatic heterocycles. The molecular formula is C89H148O17P2. The molecular weight excluding hydrogens is 1400 g/mol. The quantitative estimate of drug-likeness (QED) is 0.0169. The third-order valence-corrected chi connectivity index (χ3v) is 18.9. The molecule has 5 atom stereocenters. The van der Waals surface area contributed by atoms with E-state index in [1.165, 1.54) is 51.4 Å². The molecule has 0 radical (unpaired) electrons. The van der Waals surface area contributed by atoms with Crippen LogP contribution >= 0.6 is 15.6 Å². The van der Waals surface area contributed by atoms with Gasteiger partial charge in [-0.3, -0.25) is 37.3 Å². The van der Waals surface area contributed by atoms with E-state index in [1.54, 1.807) is 0 Å². The van der Waals surface area contributed by atoms with Crippen LogP contribution in [0.25, 0.3) is 0 Å². The monoisotopic (exact) mass is 1550 g/mol. The maximum absolute atomic E-state index is 13.1. The van der Waals surface area contributed by atoms with Gasteiger partial charge in [-0.1, -0.05) is 308 Å². The first-order chi connectivity index (χ1) is 52.7. The average Bonchev–Trinajstić information content (AvgIpc) is 0.886. The van der Waals surface area contributed by atoms with Crippen LogP contribution in [0.15, 0.2) is 158 Å². The number of phosphoric ester groups is 2. The number of aliphatic hydroxyl groups is 1. The average molecular weight is 1550 g/mol. The van der Waals surface area contributed by atoms with Crippen LogP contribution in [-0.2, 0) is 65.4 Å². The van der Waals surface area contributed by atoms with Gasteiger partial charge in [-0.2, -0.15) is 0 Å². The van der Waals surface area contributed by atoms with E-state index in [1.807, 2.05) is 0 Å². The van der Waals surface area contributed by atoms with Gasteiger partial charge in [-0.15, -0.1) is 0 Å². The summed E-state index contributed by atoms with van der Waals surface area (Å²) < 4.78 is 68.7. The van der Waals surface area contributed by atoms with Crippen molar-refractivity contribution in [1.82, 2.24) is 0 Å².